The summed E-state index contributed by atoms with van der Waals surface area (Å²) >= 11 is 3.14. The molecular formula is C7H7NOS2. The van der Waals surface area contributed by atoms with Gasteiger partial charge < -0.3 is 0 Å². The second-order valence-electron chi connectivity index (χ2n) is 2.24. The van der Waals surface area contributed by atoms with Gasteiger partial charge in [-0.2, -0.15) is 11.3 Å². The highest BCUT2D eigenvalue weighted by atomic mass is 32.1. The molecule has 2 aromatic rings. The first-order valence-corrected chi connectivity index (χ1v) is 5.10. The molecule has 2 aromatic heterocycles. The second kappa shape index (κ2) is 2.46. The normalized spacial score (nSPS) is 11.0. The summed E-state index contributed by atoms with van der Waals surface area (Å²) in [6.45, 7) is 2.77. The predicted molar refractivity (Wildman–Crippen MR) is 49.6 cm³/mol. The molecule has 58 valence electrons. The molecule has 2 heterocycles. The Kier molecular flexibility index (Phi) is 1.58. The average molecular weight is 185 g/mol. The lowest BCUT2D eigenvalue weighted by Crippen LogP contribution is -2.10. The third kappa shape index (κ3) is 0.937. The van der Waals surface area contributed by atoms with Crippen LogP contribution < -0.4 is 5.56 Å². The molecule has 0 saturated heterocycles. The summed E-state index contributed by atoms with van der Waals surface area (Å²) in [5, 5.41) is 4.82. The highest BCUT2D eigenvalue weighted by Gasteiger charge is 2.05. The van der Waals surface area contributed by atoms with Crippen LogP contribution in [0.15, 0.2) is 15.6 Å². The van der Waals surface area contributed by atoms with Crippen LogP contribution in [0, 0.1) is 0 Å². The van der Waals surface area contributed by atoms with E-state index in [1.165, 1.54) is 0 Å². The highest BCUT2D eigenvalue weighted by Crippen LogP contribution is 2.20. The van der Waals surface area contributed by atoms with E-state index in [4.69, 9.17) is 0 Å². The first-order chi connectivity index (χ1) is 5.33. The molecule has 0 atom stereocenters. The Labute approximate surface area is 71.9 Å². The molecule has 0 amide bonds. The smallest absolute Gasteiger partial charge is 0.268 e. The summed E-state index contributed by atoms with van der Waals surface area (Å²) in [6.07, 6.45) is 0. The highest BCUT2D eigenvalue weighted by molar-refractivity contribution is 7.19. The molecule has 2 nitrogen and oxygen atoms in total. The van der Waals surface area contributed by atoms with Gasteiger partial charge in [0.15, 0.2) is 0 Å². The maximum Gasteiger partial charge on any atom is 0.269 e. The molecule has 0 aromatic carbocycles. The van der Waals surface area contributed by atoms with Gasteiger partial charge in [-0.15, -0.1) is 0 Å². The van der Waals surface area contributed by atoms with Crippen molar-refractivity contribution >= 4 is 33.0 Å². The fraction of sp³-hybridized carbons (Fsp3) is 0.286. The summed E-state index contributed by atoms with van der Waals surface area (Å²) in [5.74, 6) is 0. The maximum atomic E-state index is 11.4. The average Bonchev–Trinajstić information content (AvgIpc) is 2.53. The first-order valence-electron chi connectivity index (χ1n) is 3.39. The van der Waals surface area contributed by atoms with Crippen LogP contribution in [0.4, 0.5) is 0 Å². The van der Waals surface area contributed by atoms with E-state index in [1.807, 2.05) is 17.7 Å². The molecule has 0 unspecified atom stereocenters. The van der Waals surface area contributed by atoms with Gasteiger partial charge in [0, 0.05) is 17.3 Å². The minimum Gasteiger partial charge on any atom is -0.268 e. The third-order valence-electron chi connectivity index (χ3n) is 1.58. The maximum absolute atomic E-state index is 11.4. The first kappa shape index (κ1) is 7.06. The lowest BCUT2D eigenvalue weighted by Gasteiger charge is -1.87. The van der Waals surface area contributed by atoms with Crippen LogP contribution >= 0.6 is 22.9 Å². The quantitative estimate of drug-likeness (QED) is 0.667. The number of aryl methyl sites for hydroxylation is 1. The molecule has 0 radical (unpaired) electrons. The van der Waals surface area contributed by atoms with E-state index in [0.717, 1.165) is 16.6 Å². The van der Waals surface area contributed by atoms with Crippen molar-refractivity contribution in [3.8, 4) is 0 Å². The van der Waals surface area contributed by atoms with Crippen molar-refractivity contribution in [2.24, 2.45) is 0 Å². The van der Waals surface area contributed by atoms with E-state index < -0.39 is 0 Å². The van der Waals surface area contributed by atoms with E-state index in [9.17, 15) is 4.79 Å². The summed E-state index contributed by atoms with van der Waals surface area (Å²) < 4.78 is 2.89. The Morgan fingerprint density at radius 1 is 1.55 bits per heavy atom. The molecule has 4 heteroatoms. The van der Waals surface area contributed by atoms with Gasteiger partial charge in [0.1, 0.15) is 0 Å². The van der Waals surface area contributed by atoms with Crippen LogP contribution in [0.2, 0.25) is 0 Å². The zero-order valence-electron chi connectivity index (χ0n) is 6.03. The molecule has 0 saturated carbocycles. The van der Waals surface area contributed by atoms with Crippen molar-refractivity contribution in [1.29, 1.82) is 0 Å². The number of thiophene rings is 1. The topological polar surface area (TPSA) is 22.0 Å². The van der Waals surface area contributed by atoms with Crippen molar-refractivity contribution in [1.82, 2.24) is 3.96 Å². The van der Waals surface area contributed by atoms with Crippen molar-refractivity contribution in [2.75, 3.05) is 0 Å². The van der Waals surface area contributed by atoms with Crippen molar-refractivity contribution < 1.29 is 0 Å². The SMILES string of the molecule is CCn1sc2cscc2c1=O. The molecular weight excluding hydrogens is 178 g/mol. The third-order valence-corrected chi connectivity index (χ3v) is 3.65. The monoisotopic (exact) mass is 185 g/mol. The van der Waals surface area contributed by atoms with Gasteiger partial charge in [0.05, 0.1) is 10.1 Å². The minimum absolute atomic E-state index is 0.161. The van der Waals surface area contributed by atoms with Gasteiger partial charge in [-0.3, -0.25) is 8.75 Å². The molecule has 0 fully saturated rings. The van der Waals surface area contributed by atoms with Crippen LogP contribution in [-0.4, -0.2) is 3.96 Å². The second-order valence-corrected chi connectivity index (χ2v) is 4.05. The van der Waals surface area contributed by atoms with E-state index in [2.05, 4.69) is 0 Å². The van der Waals surface area contributed by atoms with Gasteiger partial charge in [0.25, 0.3) is 5.56 Å². The molecule has 0 aliphatic carbocycles. The summed E-state index contributed by atoms with van der Waals surface area (Å²) in [4.78, 5) is 11.4. The van der Waals surface area contributed by atoms with E-state index in [1.54, 1.807) is 26.8 Å². The zero-order valence-corrected chi connectivity index (χ0v) is 7.67. The number of nitrogens with zero attached hydrogens (tertiary/aromatic N) is 1. The summed E-state index contributed by atoms with van der Waals surface area (Å²) in [5.41, 5.74) is 0.161. The molecule has 2 rings (SSSR count). The van der Waals surface area contributed by atoms with Gasteiger partial charge >= 0.3 is 0 Å². The van der Waals surface area contributed by atoms with E-state index in [-0.39, 0.29) is 5.56 Å². The van der Waals surface area contributed by atoms with E-state index >= 15 is 0 Å². The van der Waals surface area contributed by atoms with Gasteiger partial charge in [-0.25, -0.2) is 0 Å². The summed E-state index contributed by atoms with van der Waals surface area (Å²) in [7, 11) is 0. The van der Waals surface area contributed by atoms with Crippen molar-refractivity contribution in [3.05, 3.63) is 21.1 Å². The predicted octanol–water partition coefficient (Wildman–Crippen LogP) is 2.14. The van der Waals surface area contributed by atoms with Crippen LogP contribution in [0.1, 0.15) is 6.92 Å². The zero-order chi connectivity index (χ0) is 7.84. The lowest BCUT2D eigenvalue weighted by atomic mass is 10.4. The Hall–Kier alpha value is -0.610. The lowest BCUT2D eigenvalue weighted by molar-refractivity contribution is 0.815. The largest absolute Gasteiger partial charge is 0.269 e. The number of fused-ring (bicyclic) bond motifs is 1. The van der Waals surface area contributed by atoms with Gasteiger partial charge in [-0.1, -0.05) is 11.5 Å². The number of hydrogen-bond donors (Lipinski definition) is 0. The van der Waals surface area contributed by atoms with Gasteiger partial charge in [-0.05, 0) is 6.92 Å². The fourth-order valence-electron chi connectivity index (χ4n) is 1.01. The standard InChI is InChI=1S/C7H7NOS2/c1-2-8-7(9)5-3-10-4-6(5)11-8/h3-4H,2H2,1H3. The van der Waals surface area contributed by atoms with Crippen LogP contribution in [0.3, 0.4) is 0 Å². The molecule has 0 N–H and O–H groups in total. The molecule has 11 heavy (non-hydrogen) atoms. The molecule has 0 aliphatic rings. The summed E-state index contributed by atoms with van der Waals surface area (Å²) in [6, 6.07) is 0. The Morgan fingerprint density at radius 2 is 2.36 bits per heavy atom. The molecule has 0 bridgehead atoms. The Morgan fingerprint density at radius 3 is 3.00 bits per heavy atom. The molecule has 0 aliphatic heterocycles. The van der Waals surface area contributed by atoms with Gasteiger partial charge in [0.2, 0.25) is 0 Å². The van der Waals surface area contributed by atoms with Crippen LogP contribution in [0.5, 0.6) is 0 Å². The van der Waals surface area contributed by atoms with Crippen molar-refractivity contribution in [3.63, 3.8) is 0 Å². The van der Waals surface area contributed by atoms with E-state index in [0.29, 0.717) is 0 Å². The number of aromatic nitrogens is 1. The Bertz CT molecular complexity index is 423. The number of rotatable bonds is 1. The van der Waals surface area contributed by atoms with Crippen LogP contribution in [0.25, 0.3) is 10.1 Å². The minimum atomic E-state index is 0.161. The Balaban J connectivity index is 2.87. The van der Waals surface area contributed by atoms with Crippen LogP contribution in [-0.2, 0) is 6.54 Å². The number of hydrogen-bond acceptors (Lipinski definition) is 3. The fourth-order valence-corrected chi connectivity index (χ4v) is 2.90. The molecule has 0 spiro atoms. The van der Waals surface area contributed by atoms with Crippen molar-refractivity contribution in [2.45, 2.75) is 13.5 Å².